The predicted molar refractivity (Wildman–Crippen MR) is 83.9 cm³/mol. The van der Waals surface area contributed by atoms with Crippen LogP contribution >= 0.6 is 12.2 Å². The molecule has 0 bridgehead atoms. The van der Waals surface area contributed by atoms with Gasteiger partial charge in [-0.2, -0.15) is 0 Å². The maximum absolute atomic E-state index is 12.4. The Morgan fingerprint density at radius 1 is 1.50 bits per heavy atom. The molecule has 0 heterocycles. The molecular weight excluding hydrogens is 272 g/mol. The number of carbonyl (C=O) groups is 1. The predicted octanol–water partition coefficient (Wildman–Crippen LogP) is 2.24. The number of benzene rings is 1. The summed E-state index contributed by atoms with van der Waals surface area (Å²) in [6.07, 6.45) is 3.45. The Morgan fingerprint density at radius 2 is 2.20 bits per heavy atom. The summed E-state index contributed by atoms with van der Waals surface area (Å²) in [7, 11) is 3.45. The summed E-state index contributed by atoms with van der Waals surface area (Å²) in [6.45, 7) is 0. The maximum Gasteiger partial charge on any atom is 0.229 e. The van der Waals surface area contributed by atoms with Gasteiger partial charge in [0.15, 0.2) is 0 Å². The van der Waals surface area contributed by atoms with Crippen molar-refractivity contribution in [3.05, 3.63) is 29.8 Å². The second-order valence-electron chi connectivity index (χ2n) is 5.28. The summed E-state index contributed by atoms with van der Waals surface area (Å²) >= 11 is 4.96. The minimum atomic E-state index is -0.258. The van der Waals surface area contributed by atoms with Crippen LogP contribution in [-0.2, 0) is 9.53 Å². The van der Waals surface area contributed by atoms with Crippen molar-refractivity contribution in [1.29, 1.82) is 0 Å². The quantitative estimate of drug-likeness (QED) is 0.846. The Kier molecular flexibility index (Phi) is 4.40. The van der Waals surface area contributed by atoms with Gasteiger partial charge in [0.25, 0.3) is 0 Å². The zero-order valence-electron chi connectivity index (χ0n) is 11.9. The molecule has 0 unspecified atom stereocenters. The van der Waals surface area contributed by atoms with Gasteiger partial charge in [-0.1, -0.05) is 24.4 Å². The molecule has 1 aromatic carbocycles. The van der Waals surface area contributed by atoms with Crippen LogP contribution in [0, 0.1) is 0 Å². The number of amides is 1. The number of hydrogen-bond donors (Lipinski definition) is 1. The van der Waals surface area contributed by atoms with Crippen LogP contribution in [0.5, 0.6) is 0 Å². The van der Waals surface area contributed by atoms with Crippen LogP contribution in [0.2, 0.25) is 0 Å². The van der Waals surface area contributed by atoms with Crippen molar-refractivity contribution in [2.75, 3.05) is 19.1 Å². The molecule has 2 N–H and O–H groups in total. The molecule has 1 aliphatic carbocycles. The topological polar surface area (TPSA) is 55.6 Å². The van der Waals surface area contributed by atoms with Crippen LogP contribution in [0.25, 0.3) is 0 Å². The highest BCUT2D eigenvalue weighted by Gasteiger charge is 2.39. The molecule has 2 rings (SSSR count). The first-order valence-electron chi connectivity index (χ1n) is 6.69. The lowest BCUT2D eigenvalue weighted by molar-refractivity contribution is -0.131. The first-order valence-corrected chi connectivity index (χ1v) is 7.10. The Labute approximate surface area is 124 Å². The van der Waals surface area contributed by atoms with E-state index in [1.807, 2.05) is 24.3 Å². The van der Waals surface area contributed by atoms with Crippen molar-refractivity contribution in [2.45, 2.75) is 31.3 Å². The van der Waals surface area contributed by atoms with E-state index in [0.29, 0.717) is 11.4 Å². The number of anilines is 1. The number of hydrogen-bond acceptors (Lipinski definition) is 3. The third-order valence-electron chi connectivity index (χ3n) is 4.06. The van der Waals surface area contributed by atoms with Crippen LogP contribution in [0.3, 0.4) is 0 Å². The van der Waals surface area contributed by atoms with E-state index in [2.05, 4.69) is 0 Å². The maximum atomic E-state index is 12.4. The third kappa shape index (κ3) is 2.99. The van der Waals surface area contributed by atoms with E-state index < -0.39 is 0 Å². The van der Waals surface area contributed by atoms with Gasteiger partial charge >= 0.3 is 0 Å². The zero-order valence-corrected chi connectivity index (χ0v) is 12.7. The Hall–Kier alpha value is -1.46. The van der Waals surface area contributed by atoms with Crippen LogP contribution in [0.4, 0.5) is 5.69 Å². The lowest BCUT2D eigenvalue weighted by Crippen LogP contribution is -2.44. The summed E-state index contributed by atoms with van der Waals surface area (Å²) < 4.78 is 5.50. The molecule has 1 saturated carbocycles. The van der Waals surface area contributed by atoms with E-state index in [1.54, 1.807) is 19.1 Å². The average molecular weight is 292 g/mol. The van der Waals surface area contributed by atoms with Gasteiger partial charge in [0.1, 0.15) is 4.99 Å². The first kappa shape index (κ1) is 14.9. The summed E-state index contributed by atoms with van der Waals surface area (Å²) in [6, 6.07) is 7.40. The Balaban J connectivity index is 2.10. The second kappa shape index (κ2) is 5.89. The molecule has 1 amide bonds. The van der Waals surface area contributed by atoms with Gasteiger partial charge in [-0.15, -0.1) is 0 Å². The molecule has 4 nitrogen and oxygen atoms in total. The average Bonchev–Trinajstić information content (AvgIpc) is 2.42. The number of methoxy groups -OCH3 is 1. The molecule has 1 aromatic rings. The number of nitrogens with zero attached hydrogens (tertiary/aromatic N) is 1. The number of carbonyl (C=O) groups excluding carboxylic acids is 1. The van der Waals surface area contributed by atoms with Crippen LogP contribution in [0.15, 0.2) is 24.3 Å². The number of thiocarbonyl (C=S) groups is 1. The monoisotopic (exact) mass is 292 g/mol. The van der Waals surface area contributed by atoms with Crippen molar-refractivity contribution in [3.63, 3.8) is 0 Å². The van der Waals surface area contributed by atoms with Gasteiger partial charge in [-0.25, -0.2) is 0 Å². The van der Waals surface area contributed by atoms with Gasteiger partial charge in [0.2, 0.25) is 5.91 Å². The first-order chi connectivity index (χ1) is 9.47. The molecule has 1 aliphatic rings. The summed E-state index contributed by atoms with van der Waals surface area (Å²) in [5, 5.41) is 0. The summed E-state index contributed by atoms with van der Waals surface area (Å²) in [4.78, 5) is 14.3. The highest BCUT2D eigenvalue weighted by Crippen LogP contribution is 2.38. The molecule has 108 valence electrons. The largest absolute Gasteiger partial charge is 0.389 e. The lowest BCUT2D eigenvalue weighted by Gasteiger charge is -2.40. The summed E-state index contributed by atoms with van der Waals surface area (Å²) in [5.41, 5.74) is 6.93. The SMILES string of the molecule is COC1(CC(=O)N(C)c2cccc(C(N)=S)c2)CCC1. The molecular formula is C15H20N2O2S. The van der Waals surface area contributed by atoms with E-state index in [1.165, 1.54) is 0 Å². The van der Waals surface area contributed by atoms with Crippen molar-refractivity contribution < 1.29 is 9.53 Å². The van der Waals surface area contributed by atoms with E-state index in [-0.39, 0.29) is 11.5 Å². The smallest absolute Gasteiger partial charge is 0.229 e. The summed E-state index contributed by atoms with van der Waals surface area (Å²) in [5.74, 6) is 0.0478. The van der Waals surface area contributed by atoms with Crippen molar-refractivity contribution in [1.82, 2.24) is 0 Å². The molecule has 0 saturated heterocycles. The molecule has 1 fully saturated rings. The molecule has 0 aromatic heterocycles. The van der Waals surface area contributed by atoms with Gasteiger partial charge < -0.3 is 15.4 Å². The van der Waals surface area contributed by atoms with Crippen molar-refractivity contribution in [2.24, 2.45) is 5.73 Å². The third-order valence-corrected chi connectivity index (χ3v) is 4.30. The van der Waals surface area contributed by atoms with E-state index >= 15 is 0 Å². The highest BCUT2D eigenvalue weighted by molar-refractivity contribution is 7.80. The van der Waals surface area contributed by atoms with Crippen LogP contribution in [0.1, 0.15) is 31.2 Å². The van der Waals surface area contributed by atoms with Crippen molar-refractivity contribution >= 4 is 28.8 Å². The van der Waals surface area contributed by atoms with Crippen molar-refractivity contribution in [3.8, 4) is 0 Å². The Bertz CT molecular complexity index is 521. The fourth-order valence-corrected chi connectivity index (χ4v) is 2.56. The highest BCUT2D eigenvalue weighted by atomic mass is 32.1. The second-order valence-corrected chi connectivity index (χ2v) is 5.72. The van der Waals surface area contributed by atoms with Gasteiger partial charge in [0, 0.05) is 25.4 Å². The molecule has 20 heavy (non-hydrogen) atoms. The molecule has 5 heteroatoms. The van der Waals surface area contributed by atoms with Gasteiger partial charge in [0.05, 0.1) is 12.0 Å². The standard InChI is InChI=1S/C15H20N2O2S/c1-17(12-6-3-5-11(9-12)14(16)20)13(18)10-15(19-2)7-4-8-15/h3,5-6,9H,4,7-8,10H2,1-2H3,(H2,16,20). The Morgan fingerprint density at radius 3 is 2.70 bits per heavy atom. The van der Waals surface area contributed by atoms with Gasteiger partial charge in [-0.3, -0.25) is 4.79 Å². The molecule has 0 aliphatic heterocycles. The number of ether oxygens (including phenoxy) is 1. The molecule has 0 atom stereocenters. The lowest BCUT2D eigenvalue weighted by atomic mass is 9.77. The fourth-order valence-electron chi connectivity index (χ4n) is 2.43. The van der Waals surface area contributed by atoms with Crippen LogP contribution < -0.4 is 10.6 Å². The number of rotatable bonds is 5. The normalized spacial score (nSPS) is 16.3. The number of nitrogens with two attached hydrogens (primary N) is 1. The fraction of sp³-hybridized carbons (Fsp3) is 0.467. The molecule has 0 spiro atoms. The van der Waals surface area contributed by atoms with Gasteiger partial charge in [-0.05, 0) is 31.4 Å². The van der Waals surface area contributed by atoms with E-state index in [0.717, 1.165) is 30.5 Å². The van der Waals surface area contributed by atoms with Crippen LogP contribution in [-0.4, -0.2) is 30.7 Å². The minimum Gasteiger partial charge on any atom is -0.389 e. The van der Waals surface area contributed by atoms with E-state index in [4.69, 9.17) is 22.7 Å². The molecule has 0 radical (unpaired) electrons. The minimum absolute atomic E-state index is 0.0478. The van der Waals surface area contributed by atoms with E-state index in [9.17, 15) is 4.79 Å². The zero-order chi connectivity index (χ0) is 14.8.